The molecule has 4 aromatic carbocycles. The SMILES string of the molecule is c1ccc(C(OCC2CO2)C(c2ccccc2)(c2ccccc2)c2ccccc2)cc1. The van der Waals surface area contributed by atoms with Crippen LogP contribution in [0.4, 0.5) is 0 Å². The van der Waals surface area contributed by atoms with Gasteiger partial charge in [0.1, 0.15) is 12.2 Å². The maximum Gasteiger partial charge on any atom is 0.104 e. The van der Waals surface area contributed by atoms with Gasteiger partial charge in [-0.3, -0.25) is 0 Å². The van der Waals surface area contributed by atoms with Gasteiger partial charge in [0.15, 0.2) is 0 Å². The Kier molecular flexibility index (Phi) is 5.66. The highest BCUT2D eigenvalue weighted by molar-refractivity contribution is 5.53. The highest BCUT2D eigenvalue weighted by atomic mass is 16.6. The molecule has 0 bridgehead atoms. The van der Waals surface area contributed by atoms with Crippen molar-refractivity contribution in [1.82, 2.24) is 0 Å². The van der Waals surface area contributed by atoms with Crippen molar-refractivity contribution >= 4 is 0 Å². The molecular weight excluding hydrogens is 380 g/mol. The molecule has 0 spiro atoms. The lowest BCUT2D eigenvalue weighted by atomic mass is 9.64. The third-order valence-electron chi connectivity index (χ3n) is 6.03. The summed E-state index contributed by atoms with van der Waals surface area (Å²) in [7, 11) is 0. The molecule has 2 heteroatoms. The predicted molar refractivity (Wildman–Crippen MR) is 124 cm³/mol. The molecule has 2 nitrogen and oxygen atoms in total. The van der Waals surface area contributed by atoms with Gasteiger partial charge in [0, 0.05) is 0 Å². The van der Waals surface area contributed by atoms with Crippen LogP contribution < -0.4 is 0 Å². The van der Waals surface area contributed by atoms with Crippen LogP contribution in [0.25, 0.3) is 0 Å². The lowest BCUT2D eigenvalue weighted by Crippen LogP contribution is -2.38. The van der Waals surface area contributed by atoms with Crippen LogP contribution in [0.1, 0.15) is 28.4 Å². The summed E-state index contributed by atoms with van der Waals surface area (Å²) in [4.78, 5) is 0. The van der Waals surface area contributed by atoms with Gasteiger partial charge < -0.3 is 9.47 Å². The van der Waals surface area contributed by atoms with Gasteiger partial charge in [-0.15, -0.1) is 0 Å². The molecule has 1 aliphatic rings. The van der Waals surface area contributed by atoms with E-state index in [0.717, 1.165) is 12.2 Å². The first-order valence-corrected chi connectivity index (χ1v) is 10.8. The predicted octanol–water partition coefficient (Wildman–Crippen LogP) is 6.18. The van der Waals surface area contributed by atoms with Crippen LogP contribution in [0, 0.1) is 0 Å². The smallest absolute Gasteiger partial charge is 0.104 e. The summed E-state index contributed by atoms with van der Waals surface area (Å²) in [5.41, 5.74) is 4.26. The molecule has 0 aliphatic carbocycles. The second-order valence-electron chi connectivity index (χ2n) is 7.99. The molecule has 31 heavy (non-hydrogen) atoms. The molecule has 154 valence electrons. The Morgan fingerprint density at radius 2 is 1.03 bits per heavy atom. The number of hydrogen-bond acceptors (Lipinski definition) is 2. The molecule has 2 unspecified atom stereocenters. The Balaban J connectivity index is 1.80. The van der Waals surface area contributed by atoms with Crippen molar-refractivity contribution in [3.63, 3.8) is 0 Å². The Morgan fingerprint density at radius 1 is 0.645 bits per heavy atom. The molecular formula is C29H26O2. The Labute approximate surface area is 184 Å². The van der Waals surface area contributed by atoms with Crippen molar-refractivity contribution < 1.29 is 9.47 Å². The van der Waals surface area contributed by atoms with Gasteiger partial charge in [-0.1, -0.05) is 121 Å². The van der Waals surface area contributed by atoms with Crippen LogP contribution >= 0.6 is 0 Å². The van der Waals surface area contributed by atoms with E-state index >= 15 is 0 Å². The lowest BCUT2D eigenvalue weighted by molar-refractivity contribution is 0.0102. The molecule has 0 amide bonds. The fourth-order valence-corrected chi connectivity index (χ4v) is 4.52. The van der Waals surface area contributed by atoms with Gasteiger partial charge in [0.25, 0.3) is 0 Å². The highest BCUT2D eigenvalue weighted by Gasteiger charge is 2.46. The minimum atomic E-state index is -0.514. The standard InChI is InChI=1S/C29H26O2/c1-5-13-23(14-6-1)28(31-22-27-21-30-27)29(24-15-7-2-8-16-24,25-17-9-3-10-18-25)26-19-11-4-12-20-26/h1-20,27-28H,21-22H2. The van der Waals surface area contributed by atoms with Crippen molar-refractivity contribution in [3.8, 4) is 0 Å². The molecule has 1 saturated heterocycles. The molecule has 1 heterocycles. The summed E-state index contributed by atoms with van der Waals surface area (Å²) >= 11 is 0. The van der Waals surface area contributed by atoms with Crippen LogP contribution in [-0.2, 0) is 14.9 Å². The summed E-state index contributed by atoms with van der Waals surface area (Å²) in [5.74, 6) is 0. The Hall–Kier alpha value is -3.20. The molecule has 1 fully saturated rings. The van der Waals surface area contributed by atoms with Crippen molar-refractivity contribution in [3.05, 3.63) is 144 Å². The van der Waals surface area contributed by atoms with Crippen LogP contribution in [0.15, 0.2) is 121 Å². The first-order valence-electron chi connectivity index (χ1n) is 10.8. The Morgan fingerprint density at radius 3 is 1.42 bits per heavy atom. The second-order valence-corrected chi connectivity index (χ2v) is 7.99. The molecule has 0 saturated carbocycles. The Bertz CT molecular complexity index is 978. The fourth-order valence-electron chi connectivity index (χ4n) is 4.52. The molecule has 0 N–H and O–H groups in total. The first-order chi connectivity index (χ1) is 15.4. The summed E-state index contributed by atoms with van der Waals surface area (Å²) in [6.07, 6.45) is -0.0312. The van der Waals surface area contributed by atoms with Gasteiger partial charge in [0.05, 0.1) is 18.6 Å². The number of ether oxygens (including phenoxy) is 2. The summed E-state index contributed by atoms with van der Waals surface area (Å²) in [6, 6.07) is 42.7. The lowest BCUT2D eigenvalue weighted by Gasteiger charge is -2.42. The monoisotopic (exact) mass is 406 g/mol. The summed E-state index contributed by atoms with van der Waals surface area (Å²) < 4.78 is 12.3. The van der Waals surface area contributed by atoms with Crippen LogP contribution in [0.3, 0.4) is 0 Å². The normalized spacial score (nSPS) is 16.6. The van der Waals surface area contributed by atoms with Gasteiger partial charge in [-0.05, 0) is 22.3 Å². The van der Waals surface area contributed by atoms with E-state index in [1.807, 2.05) is 0 Å². The fraction of sp³-hybridized carbons (Fsp3) is 0.172. The van der Waals surface area contributed by atoms with Crippen molar-refractivity contribution in [2.75, 3.05) is 13.2 Å². The summed E-state index contributed by atoms with van der Waals surface area (Å²) in [6.45, 7) is 1.35. The molecule has 0 radical (unpaired) electrons. The average molecular weight is 407 g/mol. The summed E-state index contributed by atoms with van der Waals surface area (Å²) in [5, 5.41) is 0. The van der Waals surface area contributed by atoms with E-state index in [1.165, 1.54) is 16.7 Å². The molecule has 0 aromatic heterocycles. The molecule has 1 aliphatic heterocycles. The highest BCUT2D eigenvalue weighted by Crippen LogP contribution is 2.50. The minimum absolute atomic E-state index is 0.186. The number of rotatable bonds is 8. The van der Waals surface area contributed by atoms with E-state index in [2.05, 4.69) is 121 Å². The topological polar surface area (TPSA) is 21.8 Å². The van der Waals surface area contributed by atoms with E-state index in [0.29, 0.717) is 6.61 Å². The molecule has 5 rings (SSSR count). The zero-order valence-corrected chi connectivity index (χ0v) is 17.4. The van der Waals surface area contributed by atoms with Gasteiger partial charge in [-0.25, -0.2) is 0 Å². The number of benzene rings is 4. The minimum Gasteiger partial charge on any atom is -0.371 e. The zero-order chi connectivity index (χ0) is 20.9. The van der Waals surface area contributed by atoms with E-state index in [4.69, 9.17) is 9.47 Å². The van der Waals surface area contributed by atoms with Crippen LogP contribution in [0.5, 0.6) is 0 Å². The van der Waals surface area contributed by atoms with Gasteiger partial charge in [-0.2, -0.15) is 0 Å². The molecule has 4 aromatic rings. The maximum absolute atomic E-state index is 6.76. The van der Waals surface area contributed by atoms with Crippen molar-refractivity contribution in [2.45, 2.75) is 17.6 Å². The third kappa shape index (κ3) is 3.93. The third-order valence-corrected chi connectivity index (χ3v) is 6.03. The van der Waals surface area contributed by atoms with E-state index in [1.54, 1.807) is 0 Å². The van der Waals surface area contributed by atoms with Crippen molar-refractivity contribution in [2.24, 2.45) is 0 Å². The van der Waals surface area contributed by atoms with Gasteiger partial charge in [0.2, 0.25) is 0 Å². The van der Waals surface area contributed by atoms with E-state index in [-0.39, 0.29) is 12.2 Å². The zero-order valence-electron chi connectivity index (χ0n) is 17.4. The second kappa shape index (κ2) is 8.89. The number of epoxide rings is 1. The maximum atomic E-state index is 6.76. The number of hydrogen-bond donors (Lipinski definition) is 0. The largest absolute Gasteiger partial charge is 0.371 e. The van der Waals surface area contributed by atoms with E-state index < -0.39 is 5.41 Å². The average Bonchev–Trinajstić information content (AvgIpc) is 3.69. The quantitative estimate of drug-likeness (QED) is 0.257. The van der Waals surface area contributed by atoms with Crippen LogP contribution in [-0.4, -0.2) is 19.3 Å². The van der Waals surface area contributed by atoms with Crippen molar-refractivity contribution in [1.29, 1.82) is 0 Å². The van der Waals surface area contributed by atoms with Crippen LogP contribution in [0.2, 0.25) is 0 Å². The van der Waals surface area contributed by atoms with Gasteiger partial charge >= 0.3 is 0 Å². The molecule has 2 atom stereocenters. The first kappa shape index (κ1) is 19.7. The van der Waals surface area contributed by atoms with E-state index in [9.17, 15) is 0 Å².